The number of halogens is 2. The van der Waals surface area contributed by atoms with E-state index < -0.39 is 23.0 Å². The fourth-order valence-corrected chi connectivity index (χ4v) is 3.20. The van der Waals surface area contributed by atoms with Gasteiger partial charge in [-0.3, -0.25) is 4.79 Å². The van der Waals surface area contributed by atoms with Crippen molar-refractivity contribution in [1.82, 2.24) is 0 Å². The highest BCUT2D eigenvalue weighted by Gasteiger charge is 2.41. The Morgan fingerprint density at radius 2 is 1.90 bits per heavy atom. The topological polar surface area (TPSA) is 26.3 Å². The Morgan fingerprint density at radius 1 is 1.24 bits per heavy atom. The average molecular weight is 310 g/mol. The van der Waals surface area contributed by atoms with Crippen molar-refractivity contribution >= 4 is 17.3 Å². The molecule has 2 nitrogen and oxygen atoms in total. The Labute approximate surface area is 126 Å². The van der Waals surface area contributed by atoms with Gasteiger partial charge in [0.05, 0.1) is 6.61 Å². The second-order valence-corrected chi connectivity index (χ2v) is 5.94. The quantitative estimate of drug-likeness (QED) is 0.778. The first kappa shape index (κ1) is 15.6. The summed E-state index contributed by atoms with van der Waals surface area (Å²) >= 11 is 1.44. The second kappa shape index (κ2) is 6.35. The van der Waals surface area contributed by atoms with E-state index in [1.807, 2.05) is 17.5 Å². The first-order valence-corrected chi connectivity index (χ1v) is 7.51. The molecule has 1 aromatic carbocycles. The van der Waals surface area contributed by atoms with E-state index in [0.29, 0.717) is 0 Å². The zero-order valence-corrected chi connectivity index (χ0v) is 12.7. The van der Waals surface area contributed by atoms with Gasteiger partial charge in [-0.1, -0.05) is 12.1 Å². The number of carbonyl (C=O) groups excluding carboxylic acids is 1. The minimum absolute atomic E-state index is 0.162. The van der Waals surface area contributed by atoms with Crippen molar-refractivity contribution in [2.45, 2.75) is 25.7 Å². The van der Waals surface area contributed by atoms with E-state index in [9.17, 15) is 13.6 Å². The predicted octanol–water partition coefficient (Wildman–Crippen LogP) is 4.09. The maximum absolute atomic E-state index is 14.1. The summed E-state index contributed by atoms with van der Waals surface area (Å²) in [5, 5.41) is 1.86. The van der Waals surface area contributed by atoms with Gasteiger partial charge in [-0.2, -0.15) is 0 Å². The van der Waals surface area contributed by atoms with Crippen LogP contribution in [0.5, 0.6) is 0 Å². The molecule has 0 fully saturated rings. The number of hydrogen-bond donors (Lipinski definition) is 0. The third-order valence-corrected chi connectivity index (χ3v) is 4.22. The van der Waals surface area contributed by atoms with Crippen LogP contribution in [0.4, 0.5) is 8.78 Å². The Bertz CT molecular complexity index is 605. The molecule has 0 spiro atoms. The zero-order chi connectivity index (χ0) is 15.5. The summed E-state index contributed by atoms with van der Waals surface area (Å²) in [6.45, 7) is 3.35. The zero-order valence-electron chi connectivity index (χ0n) is 11.9. The Kier molecular flexibility index (Phi) is 4.73. The standard InChI is InChI=1S/C16H16F2O2S/c1-3-20-15(19)16(2,10-11-6-5-9-21-11)14-12(17)7-4-8-13(14)18/h4-9H,3,10H2,1-2H3. The minimum atomic E-state index is -1.39. The fraction of sp³-hybridized carbons (Fsp3) is 0.312. The normalized spacial score (nSPS) is 13.7. The molecule has 5 heteroatoms. The van der Waals surface area contributed by atoms with Crippen molar-refractivity contribution in [2.75, 3.05) is 6.61 Å². The van der Waals surface area contributed by atoms with Gasteiger partial charge in [-0.15, -0.1) is 11.3 Å². The first-order valence-electron chi connectivity index (χ1n) is 6.63. The maximum atomic E-state index is 14.1. The lowest BCUT2D eigenvalue weighted by atomic mass is 9.78. The van der Waals surface area contributed by atoms with Crippen LogP contribution in [0, 0.1) is 11.6 Å². The molecule has 0 amide bonds. The van der Waals surface area contributed by atoms with Gasteiger partial charge < -0.3 is 4.74 Å². The Hall–Kier alpha value is -1.75. The van der Waals surface area contributed by atoms with Crippen LogP contribution in [0.3, 0.4) is 0 Å². The summed E-state index contributed by atoms with van der Waals surface area (Å²) in [6.07, 6.45) is 0.196. The van der Waals surface area contributed by atoms with Crippen LogP contribution in [0.25, 0.3) is 0 Å². The van der Waals surface area contributed by atoms with Gasteiger partial charge in [0, 0.05) is 16.9 Å². The second-order valence-electron chi connectivity index (χ2n) is 4.91. The third-order valence-electron chi connectivity index (χ3n) is 3.35. The van der Waals surface area contributed by atoms with Crippen LogP contribution >= 0.6 is 11.3 Å². The number of carbonyl (C=O) groups is 1. The molecule has 1 unspecified atom stereocenters. The molecule has 0 aliphatic carbocycles. The SMILES string of the molecule is CCOC(=O)C(C)(Cc1cccs1)c1c(F)cccc1F. The molecular weight excluding hydrogens is 294 g/mol. The highest BCUT2D eigenvalue weighted by atomic mass is 32.1. The highest BCUT2D eigenvalue weighted by Crippen LogP contribution is 2.34. The van der Waals surface area contributed by atoms with Gasteiger partial charge in [0.1, 0.15) is 17.0 Å². The lowest BCUT2D eigenvalue weighted by molar-refractivity contribution is -0.149. The Morgan fingerprint density at radius 3 is 2.43 bits per heavy atom. The van der Waals surface area contributed by atoms with Crippen molar-refractivity contribution in [3.8, 4) is 0 Å². The summed E-state index contributed by atoms with van der Waals surface area (Å²) in [5.74, 6) is -2.09. The van der Waals surface area contributed by atoms with E-state index in [4.69, 9.17) is 4.74 Å². The molecule has 1 atom stereocenters. The van der Waals surface area contributed by atoms with E-state index in [1.165, 1.54) is 24.3 Å². The van der Waals surface area contributed by atoms with Gasteiger partial charge in [0.25, 0.3) is 0 Å². The van der Waals surface area contributed by atoms with Crippen molar-refractivity contribution in [3.63, 3.8) is 0 Å². The summed E-state index contributed by atoms with van der Waals surface area (Å²) in [7, 11) is 0. The molecule has 1 aromatic heterocycles. The molecule has 21 heavy (non-hydrogen) atoms. The summed E-state index contributed by atoms with van der Waals surface area (Å²) in [4.78, 5) is 13.2. The molecule has 0 N–H and O–H groups in total. The van der Waals surface area contributed by atoms with E-state index in [1.54, 1.807) is 6.92 Å². The smallest absolute Gasteiger partial charge is 0.316 e. The monoisotopic (exact) mass is 310 g/mol. The molecule has 0 radical (unpaired) electrons. The van der Waals surface area contributed by atoms with Gasteiger partial charge in [0.15, 0.2) is 0 Å². The number of esters is 1. The number of benzene rings is 1. The van der Waals surface area contributed by atoms with Crippen LogP contribution in [0.15, 0.2) is 35.7 Å². The van der Waals surface area contributed by atoms with E-state index in [0.717, 1.165) is 17.0 Å². The van der Waals surface area contributed by atoms with Crippen molar-refractivity contribution in [3.05, 3.63) is 57.8 Å². The summed E-state index contributed by atoms with van der Waals surface area (Å²) < 4.78 is 33.3. The first-order chi connectivity index (χ1) is 9.99. The van der Waals surface area contributed by atoms with Gasteiger partial charge in [-0.05, 0) is 37.4 Å². The van der Waals surface area contributed by atoms with E-state index in [2.05, 4.69) is 0 Å². The minimum Gasteiger partial charge on any atom is -0.465 e. The van der Waals surface area contributed by atoms with Crippen molar-refractivity contribution in [2.24, 2.45) is 0 Å². The van der Waals surface area contributed by atoms with Crippen LogP contribution in [-0.2, 0) is 21.4 Å². The lowest BCUT2D eigenvalue weighted by Crippen LogP contribution is -2.38. The lowest BCUT2D eigenvalue weighted by Gasteiger charge is -2.28. The van der Waals surface area contributed by atoms with E-state index >= 15 is 0 Å². The van der Waals surface area contributed by atoms with Crippen LogP contribution < -0.4 is 0 Å². The number of thiophene rings is 1. The van der Waals surface area contributed by atoms with Gasteiger partial charge in [0.2, 0.25) is 0 Å². The van der Waals surface area contributed by atoms with Crippen molar-refractivity contribution < 1.29 is 18.3 Å². The molecule has 0 saturated carbocycles. The maximum Gasteiger partial charge on any atom is 0.316 e. The van der Waals surface area contributed by atoms with Crippen LogP contribution in [0.2, 0.25) is 0 Å². The van der Waals surface area contributed by atoms with E-state index in [-0.39, 0.29) is 18.6 Å². The molecule has 0 aliphatic rings. The molecular formula is C16H16F2O2S. The summed E-state index contributed by atoms with van der Waals surface area (Å²) in [6, 6.07) is 7.27. The summed E-state index contributed by atoms with van der Waals surface area (Å²) in [5.41, 5.74) is -1.63. The average Bonchev–Trinajstić information content (AvgIpc) is 2.91. The predicted molar refractivity (Wildman–Crippen MR) is 78.4 cm³/mol. The number of ether oxygens (including phenoxy) is 1. The van der Waals surface area contributed by atoms with Gasteiger partial charge in [-0.25, -0.2) is 8.78 Å². The number of rotatable bonds is 5. The molecule has 0 bridgehead atoms. The molecule has 2 rings (SSSR count). The Balaban J connectivity index is 2.52. The van der Waals surface area contributed by atoms with Crippen LogP contribution in [-0.4, -0.2) is 12.6 Å². The third kappa shape index (κ3) is 3.13. The highest BCUT2D eigenvalue weighted by molar-refractivity contribution is 7.09. The van der Waals surface area contributed by atoms with Crippen LogP contribution in [0.1, 0.15) is 24.3 Å². The fourth-order valence-electron chi connectivity index (χ4n) is 2.34. The molecule has 1 heterocycles. The molecule has 2 aromatic rings. The molecule has 112 valence electrons. The number of hydrogen-bond acceptors (Lipinski definition) is 3. The largest absolute Gasteiger partial charge is 0.465 e. The van der Waals surface area contributed by atoms with Crippen molar-refractivity contribution in [1.29, 1.82) is 0 Å². The molecule has 0 saturated heterocycles. The molecule has 0 aliphatic heterocycles. The van der Waals surface area contributed by atoms with Gasteiger partial charge >= 0.3 is 5.97 Å².